The van der Waals surface area contributed by atoms with Gasteiger partial charge in [-0.15, -0.1) is 0 Å². The van der Waals surface area contributed by atoms with Crippen LogP contribution in [0.3, 0.4) is 0 Å². The van der Waals surface area contributed by atoms with E-state index in [2.05, 4.69) is 15.3 Å². The van der Waals surface area contributed by atoms with E-state index < -0.39 is 16.7 Å². The van der Waals surface area contributed by atoms with Crippen molar-refractivity contribution < 1.29 is 27.0 Å². The van der Waals surface area contributed by atoms with Crippen LogP contribution in [-0.2, 0) is 18.8 Å². The Morgan fingerprint density at radius 1 is 0.773 bits per heavy atom. The van der Waals surface area contributed by atoms with E-state index in [4.69, 9.17) is 10.2 Å². The Labute approximate surface area is 135 Å². The zero-order chi connectivity index (χ0) is 16.7. The highest BCUT2D eigenvalue weighted by Gasteiger charge is 2.12. The Morgan fingerprint density at radius 2 is 1.23 bits per heavy atom. The average Bonchev–Trinajstić information content (AvgIpc) is 2.44. The van der Waals surface area contributed by atoms with Crippen LogP contribution in [0.5, 0.6) is 0 Å². The van der Waals surface area contributed by atoms with Crippen LogP contribution in [-0.4, -0.2) is 38.1 Å². The largest absolute Gasteiger partial charge is 0.399 e. The molecule has 0 amide bonds. The Hall–Kier alpha value is -0.210. The van der Waals surface area contributed by atoms with Gasteiger partial charge in [0.2, 0.25) is 0 Å². The van der Waals surface area contributed by atoms with Gasteiger partial charge in [-0.1, -0.05) is 64.7 Å². The Balaban J connectivity index is 3.34. The molecule has 0 atom stereocenters. The third-order valence-electron chi connectivity index (χ3n) is 3.33. The molecule has 0 aliphatic rings. The van der Waals surface area contributed by atoms with Gasteiger partial charge < -0.3 is 10.2 Å². The molecule has 0 rings (SSSR count). The molecule has 0 fully saturated rings. The molecule has 0 aliphatic carbocycles. The summed E-state index contributed by atoms with van der Waals surface area (Å²) in [5, 5.41) is 17.1. The summed E-state index contributed by atoms with van der Waals surface area (Å²) < 4.78 is 31.7. The summed E-state index contributed by atoms with van der Waals surface area (Å²) in [4.78, 5) is 0. The van der Waals surface area contributed by atoms with Gasteiger partial charge in [0.15, 0.2) is 6.29 Å². The Morgan fingerprint density at radius 3 is 1.73 bits per heavy atom. The minimum atomic E-state index is -4.01. The maximum atomic E-state index is 11.3. The SMILES string of the molecule is CCCCCCCCCCCCOS(=O)(=O)OCCC(O)O. The van der Waals surface area contributed by atoms with Gasteiger partial charge in [-0.25, -0.2) is 8.37 Å². The van der Waals surface area contributed by atoms with Crippen molar-refractivity contribution in [2.75, 3.05) is 13.2 Å². The van der Waals surface area contributed by atoms with Crippen LogP contribution >= 0.6 is 0 Å². The van der Waals surface area contributed by atoms with Crippen molar-refractivity contribution in [2.45, 2.75) is 83.8 Å². The van der Waals surface area contributed by atoms with Gasteiger partial charge >= 0.3 is 10.4 Å². The number of unbranched alkanes of at least 4 members (excludes halogenated alkanes) is 9. The molecule has 0 aromatic heterocycles. The monoisotopic (exact) mass is 340 g/mol. The Kier molecular flexibility index (Phi) is 14.2. The number of aliphatic hydroxyl groups is 2. The zero-order valence-corrected chi connectivity index (χ0v) is 14.5. The first-order valence-electron chi connectivity index (χ1n) is 8.38. The lowest BCUT2D eigenvalue weighted by molar-refractivity contribution is -0.0522. The lowest BCUT2D eigenvalue weighted by Gasteiger charge is -2.07. The maximum absolute atomic E-state index is 11.3. The second kappa shape index (κ2) is 14.4. The standard InChI is InChI=1S/C15H32O6S/c1-2-3-4-5-6-7-8-9-10-11-13-20-22(18,19)21-14-12-15(16)17/h15-17H,2-14H2,1H3. The molecule has 22 heavy (non-hydrogen) atoms. The summed E-state index contributed by atoms with van der Waals surface area (Å²) in [6.45, 7) is 2.03. The summed E-state index contributed by atoms with van der Waals surface area (Å²) >= 11 is 0. The van der Waals surface area contributed by atoms with Gasteiger partial charge in [0.25, 0.3) is 0 Å². The topological polar surface area (TPSA) is 93.1 Å². The lowest BCUT2D eigenvalue weighted by Crippen LogP contribution is -2.15. The first-order valence-corrected chi connectivity index (χ1v) is 9.71. The molecule has 2 N–H and O–H groups in total. The Bertz CT molecular complexity index is 329. The zero-order valence-electron chi connectivity index (χ0n) is 13.7. The fourth-order valence-corrected chi connectivity index (χ4v) is 2.73. The molecular formula is C15H32O6S. The van der Waals surface area contributed by atoms with Gasteiger partial charge in [0, 0.05) is 6.42 Å². The van der Waals surface area contributed by atoms with Crippen molar-refractivity contribution in [1.29, 1.82) is 0 Å². The van der Waals surface area contributed by atoms with E-state index in [0.717, 1.165) is 12.8 Å². The molecular weight excluding hydrogens is 308 g/mol. The van der Waals surface area contributed by atoms with Crippen LogP contribution < -0.4 is 0 Å². The molecule has 134 valence electrons. The molecule has 0 aromatic rings. The normalized spacial score (nSPS) is 12.2. The van der Waals surface area contributed by atoms with E-state index >= 15 is 0 Å². The first kappa shape index (κ1) is 21.8. The third kappa shape index (κ3) is 16.2. The van der Waals surface area contributed by atoms with E-state index in [9.17, 15) is 8.42 Å². The highest BCUT2D eigenvalue weighted by Crippen LogP contribution is 2.11. The minimum Gasteiger partial charge on any atom is -0.368 e. The summed E-state index contributed by atoms with van der Waals surface area (Å²) in [7, 11) is -4.01. The molecule has 0 heterocycles. The van der Waals surface area contributed by atoms with Crippen LogP contribution in [0.2, 0.25) is 0 Å². The second-order valence-electron chi connectivity index (χ2n) is 5.50. The molecule has 0 aromatic carbocycles. The number of hydrogen-bond acceptors (Lipinski definition) is 6. The summed E-state index contributed by atoms with van der Waals surface area (Å²) in [6.07, 6.45) is 9.94. The maximum Gasteiger partial charge on any atom is 0.399 e. The van der Waals surface area contributed by atoms with E-state index in [-0.39, 0.29) is 19.6 Å². The van der Waals surface area contributed by atoms with Crippen LogP contribution in [0.15, 0.2) is 0 Å². The molecule has 7 heteroatoms. The van der Waals surface area contributed by atoms with E-state index in [1.165, 1.54) is 44.9 Å². The third-order valence-corrected chi connectivity index (χ3v) is 4.24. The van der Waals surface area contributed by atoms with Crippen LogP contribution in [0.4, 0.5) is 0 Å². The number of aliphatic hydroxyl groups excluding tert-OH is 1. The lowest BCUT2D eigenvalue weighted by atomic mass is 10.1. The second-order valence-corrected chi connectivity index (χ2v) is 6.79. The van der Waals surface area contributed by atoms with E-state index in [0.29, 0.717) is 6.42 Å². The molecule has 6 nitrogen and oxygen atoms in total. The number of hydrogen-bond donors (Lipinski definition) is 2. The van der Waals surface area contributed by atoms with Gasteiger partial charge in [-0.05, 0) is 6.42 Å². The molecule has 0 radical (unpaired) electrons. The quantitative estimate of drug-likeness (QED) is 0.331. The highest BCUT2D eigenvalue weighted by molar-refractivity contribution is 7.81. The number of rotatable bonds is 16. The van der Waals surface area contributed by atoms with Crippen molar-refractivity contribution >= 4 is 10.4 Å². The predicted octanol–water partition coefficient (Wildman–Crippen LogP) is 2.89. The van der Waals surface area contributed by atoms with Crippen molar-refractivity contribution in [3.8, 4) is 0 Å². The van der Waals surface area contributed by atoms with Gasteiger partial charge in [0.1, 0.15) is 0 Å². The van der Waals surface area contributed by atoms with E-state index in [1.807, 2.05) is 0 Å². The van der Waals surface area contributed by atoms with Crippen LogP contribution in [0.25, 0.3) is 0 Å². The summed E-state index contributed by atoms with van der Waals surface area (Å²) in [6, 6.07) is 0. The minimum absolute atomic E-state index is 0.112. The van der Waals surface area contributed by atoms with Crippen LogP contribution in [0.1, 0.15) is 77.6 Å². The molecule has 0 bridgehead atoms. The fourth-order valence-electron chi connectivity index (χ4n) is 2.04. The molecule has 0 spiro atoms. The fraction of sp³-hybridized carbons (Fsp3) is 1.00. The van der Waals surface area contributed by atoms with Crippen LogP contribution in [0, 0.1) is 0 Å². The van der Waals surface area contributed by atoms with Crippen molar-refractivity contribution in [3.63, 3.8) is 0 Å². The van der Waals surface area contributed by atoms with Gasteiger partial charge in [0.05, 0.1) is 13.2 Å². The summed E-state index contributed by atoms with van der Waals surface area (Å²) in [5.74, 6) is 0. The van der Waals surface area contributed by atoms with Crippen molar-refractivity contribution in [2.24, 2.45) is 0 Å². The highest BCUT2D eigenvalue weighted by atomic mass is 32.3. The van der Waals surface area contributed by atoms with Crippen molar-refractivity contribution in [1.82, 2.24) is 0 Å². The predicted molar refractivity (Wildman–Crippen MR) is 85.5 cm³/mol. The van der Waals surface area contributed by atoms with Gasteiger partial charge in [-0.2, -0.15) is 8.42 Å². The summed E-state index contributed by atoms with van der Waals surface area (Å²) in [5.41, 5.74) is 0. The molecule has 0 saturated carbocycles. The molecule has 0 saturated heterocycles. The average molecular weight is 340 g/mol. The van der Waals surface area contributed by atoms with Gasteiger partial charge in [-0.3, -0.25) is 0 Å². The smallest absolute Gasteiger partial charge is 0.368 e. The van der Waals surface area contributed by atoms with E-state index in [1.54, 1.807) is 0 Å². The first-order chi connectivity index (χ1) is 10.5. The molecule has 0 unspecified atom stereocenters. The van der Waals surface area contributed by atoms with Crippen molar-refractivity contribution in [3.05, 3.63) is 0 Å². The molecule has 0 aliphatic heterocycles.